The van der Waals surface area contributed by atoms with Crippen molar-refractivity contribution in [3.63, 3.8) is 0 Å². The zero-order valence-electron chi connectivity index (χ0n) is 17.7. The number of urea groups is 1. The summed E-state index contributed by atoms with van der Waals surface area (Å²) in [5, 5.41) is 13.2. The van der Waals surface area contributed by atoms with Crippen LogP contribution in [0.3, 0.4) is 0 Å². The Bertz CT molecular complexity index is 912. The molecule has 1 saturated heterocycles. The van der Waals surface area contributed by atoms with Crippen LogP contribution >= 0.6 is 0 Å². The highest BCUT2D eigenvalue weighted by Gasteiger charge is 2.49. The van der Waals surface area contributed by atoms with Crippen LogP contribution in [0, 0.1) is 0 Å². The Morgan fingerprint density at radius 1 is 1.10 bits per heavy atom. The largest absolute Gasteiger partial charge is 0.497 e. The first-order chi connectivity index (χ1) is 14.3. The number of carbonyl (C=O) groups excluding carboxylic acids is 2. The summed E-state index contributed by atoms with van der Waals surface area (Å²) >= 11 is 0. The fourth-order valence-corrected chi connectivity index (χ4v) is 3.52. The molecule has 0 unspecified atom stereocenters. The Balaban J connectivity index is 1.66. The van der Waals surface area contributed by atoms with Crippen LogP contribution in [0.5, 0.6) is 11.5 Å². The molecule has 0 bridgehead atoms. The molecule has 1 aliphatic heterocycles. The van der Waals surface area contributed by atoms with Crippen LogP contribution in [-0.2, 0) is 10.3 Å². The highest BCUT2D eigenvalue weighted by molar-refractivity contribution is 6.07. The van der Waals surface area contributed by atoms with Crippen molar-refractivity contribution < 1.29 is 24.2 Å². The zero-order chi connectivity index (χ0) is 21.9. The van der Waals surface area contributed by atoms with Crippen molar-refractivity contribution in [2.24, 2.45) is 0 Å². The highest BCUT2D eigenvalue weighted by Crippen LogP contribution is 2.30. The SMILES string of the molecule is COc1ccc([C@@]2(C)NC(=O)N(C[C@H](O)COc3ccccc3C(C)C)C2=O)cc1. The van der Waals surface area contributed by atoms with Gasteiger partial charge in [-0.2, -0.15) is 0 Å². The van der Waals surface area contributed by atoms with E-state index in [0.29, 0.717) is 17.1 Å². The summed E-state index contributed by atoms with van der Waals surface area (Å²) in [7, 11) is 1.56. The van der Waals surface area contributed by atoms with Crippen LogP contribution in [0.1, 0.15) is 37.8 Å². The molecule has 0 spiro atoms. The number of hydrogen-bond acceptors (Lipinski definition) is 5. The lowest BCUT2D eigenvalue weighted by Crippen LogP contribution is -2.42. The quantitative estimate of drug-likeness (QED) is 0.651. The summed E-state index contributed by atoms with van der Waals surface area (Å²) in [6.07, 6.45) is -1.02. The molecule has 3 rings (SSSR count). The fourth-order valence-electron chi connectivity index (χ4n) is 3.52. The Kier molecular flexibility index (Phi) is 6.31. The molecular formula is C23H28N2O5. The van der Waals surface area contributed by atoms with Gasteiger partial charge in [-0.3, -0.25) is 9.69 Å². The standard InChI is InChI=1S/C23H28N2O5/c1-15(2)19-7-5-6-8-20(19)30-14-17(26)13-25-21(27)23(3,24-22(25)28)16-9-11-18(29-4)12-10-16/h5-12,15,17,26H,13-14H2,1-4H3,(H,24,28)/t17-,23+/m0/s1. The highest BCUT2D eigenvalue weighted by atomic mass is 16.5. The summed E-state index contributed by atoms with van der Waals surface area (Å²) < 4.78 is 10.9. The Hall–Kier alpha value is -3.06. The van der Waals surface area contributed by atoms with Gasteiger partial charge >= 0.3 is 6.03 Å². The molecule has 1 aliphatic rings. The monoisotopic (exact) mass is 412 g/mol. The molecule has 0 aliphatic carbocycles. The smallest absolute Gasteiger partial charge is 0.325 e. The first-order valence-corrected chi connectivity index (χ1v) is 9.94. The second-order valence-electron chi connectivity index (χ2n) is 7.86. The first kappa shape index (κ1) is 21.6. The van der Waals surface area contributed by atoms with Gasteiger partial charge in [-0.05, 0) is 42.2 Å². The number of aliphatic hydroxyl groups is 1. The topological polar surface area (TPSA) is 88.1 Å². The van der Waals surface area contributed by atoms with Gasteiger partial charge in [0.15, 0.2) is 0 Å². The molecule has 0 aromatic heterocycles. The number of β-amino-alcohol motifs (C(OH)–C–C–N with tert-alkyl or cyclic N) is 1. The Morgan fingerprint density at radius 2 is 1.77 bits per heavy atom. The van der Waals surface area contributed by atoms with Crippen molar-refractivity contribution >= 4 is 11.9 Å². The normalized spacial score (nSPS) is 19.7. The number of carbonyl (C=O) groups is 2. The fraction of sp³-hybridized carbons (Fsp3) is 0.391. The third kappa shape index (κ3) is 4.26. The molecular weight excluding hydrogens is 384 g/mol. The second-order valence-corrected chi connectivity index (χ2v) is 7.86. The molecule has 0 radical (unpaired) electrons. The van der Waals surface area contributed by atoms with Crippen molar-refractivity contribution in [3.05, 3.63) is 59.7 Å². The lowest BCUT2D eigenvalue weighted by atomic mass is 9.92. The first-order valence-electron chi connectivity index (χ1n) is 9.94. The molecule has 30 heavy (non-hydrogen) atoms. The molecule has 2 aromatic carbocycles. The van der Waals surface area contributed by atoms with Gasteiger partial charge in [0.2, 0.25) is 0 Å². The number of nitrogens with one attached hydrogen (secondary N) is 1. The van der Waals surface area contributed by atoms with Crippen molar-refractivity contribution in [1.82, 2.24) is 10.2 Å². The molecule has 0 saturated carbocycles. The van der Waals surface area contributed by atoms with Gasteiger partial charge in [-0.25, -0.2) is 4.79 Å². The Labute approximate surface area is 176 Å². The molecule has 160 valence electrons. The van der Waals surface area contributed by atoms with Gasteiger partial charge in [0, 0.05) is 0 Å². The van der Waals surface area contributed by atoms with E-state index in [1.807, 2.05) is 24.3 Å². The van der Waals surface area contributed by atoms with Crippen LogP contribution < -0.4 is 14.8 Å². The van der Waals surface area contributed by atoms with Crippen LogP contribution in [0.2, 0.25) is 0 Å². The maximum Gasteiger partial charge on any atom is 0.325 e. The van der Waals surface area contributed by atoms with E-state index in [2.05, 4.69) is 19.2 Å². The third-order valence-corrected chi connectivity index (χ3v) is 5.31. The lowest BCUT2D eigenvalue weighted by Gasteiger charge is -2.23. The molecule has 3 amide bonds. The minimum Gasteiger partial charge on any atom is -0.497 e. The molecule has 2 atom stereocenters. The summed E-state index contributed by atoms with van der Waals surface area (Å²) in [6.45, 7) is 5.59. The predicted octanol–water partition coefficient (Wildman–Crippen LogP) is 3.03. The van der Waals surface area contributed by atoms with Gasteiger partial charge in [-0.1, -0.05) is 44.2 Å². The molecule has 7 nitrogen and oxygen atoms in total. The van der Waals surface area contributed by atoms with E-state index in [9.17, 15) is 14.7 Å². The predicted molar refractivity (Wildman–Crippen MR) is 113 cm³/mol. The van der Waals surface area contributed by atoms with Crippen molar-refractivity contribution in [1.29, 1.82) is 0 Å². The van der Waals surface area contributed by atoms with E-state index in [4.69, 9.17) is 9.47 Å². The van der Waals surface area contributed by atoms with Gasteiger partial charge in [0.05, 0.1) is 13.7 Å². The molecule has 1 heterocycles. The number of para-hydroxylation sites is 1. The number of amides is 3. The molecule has 2 aromatic rings. The maximum absolute atomic E-state index is 13.0. The second kappa shape index (κ2) is 8.75. The number of benzene rings is 2. The van der Waals surface area contributed by atoms with Gasteiger partial charge in [0.25, 0.3) is 5.91 Å². The summed E-state index contributed by atoms with van der Waals surface area (Å²) in [6, 6.07) is 14.0. The zero-order valence-corrected chi connectivity index (χ0v) is 17.7. The van der Waals surface area contributed by atoms with Crippen LogP contribution in [0.15, 0.2) is 48.5 Å². The average Bonchev–Trinajstić information content (AvgIpc) is 2.96. The van der Waals surface area contributed by atoms with Gasteiger partial charge in [-0.15, -0.1) is 0 Å². The van der Waals surface area contributed by atoms with Crippen molar-refractivity contribution in [2.75, 3.05) is 20.3 Å². The van der Waals surface area contributed by atoms with Crippen molar-refractivity contribution in [3.8, 4) is 11.5 Å². The van der Waals surface area contributed by atoms with E-state index >= 15 is 0 Å². The number of hydrogen-bond donors (Lipinski definition) is 2. The Morgan fingerprint density at radius 3 is 2.40 bits per heavy atom. The summed E-state index contributed by atoms with van der Waals surface area (Å²) in [5.74, 6) is 1.20. The third-order valence-electron chi connectivity index (χ3n) is 5.31. The van der Waals surface area contributed by atoms with E-state index < -0.39 is 23.6 Å². The van der Waals surface area contributed by atoms with Crippen LogP contribution in [0.25, 0.3) is 0 Å². The number of methoxy groups -OCH3 is 1. The lowest BCUT2D eigenvalue weighted by molar-refractivity contribution is -0.132. The molecule has 2 N–H and O–H groups in total. The van der Waals surface area contributed by atoms with E-state index in [-0.39, 0.29) is 19.1 Å². The van der Waals surface area contributed by atoms with Crippen molar-refractivity contribution in [2.45, 2.75) is 38.3 Å². The van der Waals surface area contributed by atoms with Crippen LogP contribution in [-0.4, -0.2) is 48.3 Å². The number of ether oxygens (including phenoxy) is 2. The number of aliphatic hydroxyl groups excluding tert-OH is 1. The molecule has 7 heteroatoms. The minimum atomic E-state index is -1.20. The number of imide groups is 1. The van der Waals surface area contributed by atoms with E-state index in [0.717, 1.165) is 10.5 Å². The van der Waals surface area contributed by atoms with E-state index in [1.165, 1.54) is 0 Å². The number of rotatable bonds is 8. The number of nitrogens with zero attached hydrogens (tertiary/aromatic N) is 1. The van der Waals surface area contributed by atoms with E-state index in [1.54, 1.807) is 38.3 Å². The molecule has 1 fully saturated rings. The van der Waals surface area contributed by atoms with Gasteiger partial charge in [0.1, 0.15) is 29.7 Å². The summed E-state index contributed by atoms with van der Waals surface area (Å²) in [5.41, 5.74) is 0.473. The summed E-state index contributed by atoms with van der Waals surface area (Å²) in [4.78, 5) is 26.5. The minimum absolute atomic E-state index is 0.0277. The van der Waals surface area contributed by atoms with Gasteiger partial charge < -0.3 is 19.9 Å². The maximum atomic E-state index is 13.0. The van der Waals surface area contributed by atoms with Crippen LogP contribution in [0.4, 0.5) is 4.79 Å². The average molecular weight is 412 g/mol.